The van der Waals surface area contributed by atoms with Crippen LogP contribution in [0.15, 0.2) is 6.20 Å². The van der Waals surface area contributed by atoms with E-state index < -0.39 is 5.97 Å². The normalized spacial score (nSPS) is 13.7. The summed E-state index contributed by atoms with van der Waals surface area (Å²) in [7, 11) is 0. The summed E-state index contributed by atoms with van der Waals surface area (Å²) in [6.07, 6.45) is 3.29. The van der Waals surface area contributed by atoms with Crippen LogP contribution in [-0.2, 0) is 13.0 Å². The SMILES string of the molecule is O=C(O)c1cnn2c1CCC2.[H-].[K+]. The molecule has 0 radical (unpaired) electrons. The first-order chi connectivity index (χ1) is 5.29. The van der Waals surface area contributed by atoms with Crippen LogP contribution in [0.5, 0.6) is 0 Å². The molecule has 1 N–H and O–H groups in total. The molecule has 1 aromatic rings. The summed E-state index contributed by atoms with van der Waals surface area (Å²) >= 11 is 0. The molecule has 1 aliphatic rings. The fraction of sp³-hybridized carbons (Fsp3) is 0.429. The second-order valence-electron chi connectivity index (χ2n) is 2.64. The number of hydrogen-bond donors (Lipinski definition) is 1. The minimum atomic E-state index is -0.867. The largest absolute Gasteiger partial charge is 1.00 e. The van der Waals surface area contributed by atoms with Gasteiger partial charge in [0.2, 0.25) is 0 Å². The Morgan fingerprint density at radius 2 is 2.50 bits per heavy atom. The van der Waals surface area contributed by atoms with Gasteiger partial charge in [-0.15, -0.1) is 0 Å². The Labute approximate surface area is 114 Å². The summed E-state index contributed by atoms with van der Waals surface area (Å²) in [5.41, 5.74) is 1.24. The summed E-state index contributed by atoms with van der Waals surface area (Å²) in [6.45, 7) is 0.864. The maximum atomic E-state index is 10.6. The first kappa shape index (κ1) is 10.4. The van der Waals surface area contributed by atoms with Gasteiger partial charge in [0.25, 0.3) is 0 Å². The van der Waals surface area contributed by atoms with Crippen molar-refractivity contribution in [3.63, 3.8) is 0 Å². The minimum Gasteiger partial charge on any atom is -1.00 e. The topological polar surface area (TPSA) is 55.1 Å². The van der Waals surface area contributed by atoms with E-state index in [0.717, 1.165) is 25.1 Å². The van der Waals surface area contributed by atoms with Crippen LogP contribution < -0.4 is 51.4 Å². The Bertz CT molecular complexity index is 313. The van der Waals surface area contributed by atoms with Gasteiger partial charge in [0.15, 0.2) is 0 Å². The van der Waals surface area contributed by atoms with E-state index >= 15 is 0 Å². The number of rotatable bonds is 1. The minimum absolute atomic E-state index is 0. The molecule has 4 nitrogen and oxygen atoms in total. The van der Waals surface area contributed by atoms with E-state index in [0.29, 0.717) is 5.56 Å². The second kappa shape index (κ2) is 4.02. The Kier molecular flexibility index (Phi) is 3.48. The van der Waals surface area contributed by atoms with Crippen molar-refractivity contribution in [3.8, 4) is 0 Å². The summed E-state index contributed by atoms with van der Waals surface area (Å²) in [5, 5.41) is 12.6. The van der Waals surface area contributed by atoms with E-state index in [1.807, 2.05) is 0 Å². The van der Waals surface area contributed by atoms with Crippen LogP contribution in [0.2, 0.25) is 0 Å². The standard InChI is InChI=1S/C7H8N2O2.K.H/c10-7(11)5-4-8-9-3-1-2-6(5)9;;/h4H,1-3H2,(H,10,11);;/q;+1;-1. The van der Waals surface area contributed by atoms with E-state index in [9.17, 15) is 4.79 Å². The van der Waals surface area contributed by atoms with Crippen molar-refractivity contribution in [1.29, 1.82) is 0 Å². The van der Waals surface area contributed by atoms with Crippen molar-refractivity contribution in [2.45, 2.75) is 19.4 Å². The Balaban J connectivity index is 0.000000720. The van der Waals surface area contributed by atoms with Crippen LogP contribution in [0.3, 0.4) is 0 Å². The van der Waals surface area contributed by atoms with Crippen LogP contribution in [-0.4, -0.2) is 20.9 Å². The average molecular weight is 192 g/mol. The Morgan fingerprint density at radius 3 is 3.17 bits per heavy atom. The predicted octanol–water partition coefficient (Wildman–Crippen LogP) is -2.36. The van der Waals surface area contributed by atoms with Gasteiger partial charge >= 0.3 is 57.4 Å². The van der Waals surface area contributed by atoms with Gasteiger partial charge in [0.05, 0.1) is 11.9 Å². The summed E-state index contributed by atoms with van der Waals surface area (Å²) in [6, 6.07) is 0. The zero-order valence-electron chi connectivity index (χ0n) is 7.95. The number of nitrogens with zero attached hydrogens (tertiary/aromatic N) is 2. The first-order valence-corrected chi connectivity index (χ1v) is 3.57. The van der Waals surface area contributed by atoms with Gasteiger partial charge in [-0.05, 0) is 12.8 Å². The van der Waals surface area contributed by atoms with E-state index in [4.69, 9.17) is 5.11 Å². The smallest absolute Gasteiger partial charge is 1.00 e. The first-order valence-electron chi connectivity index (χ1n) is 3.57. The van der Waals surface area contributed by atoms with E-state index in [1.165, 1.54) is 6.20 Å². The van der Waals surface area contributed by atoms with Crippen molar-refractivity contribution in [1.82, 2.24) is 9.78 Å². The summed E-state index contributed by atoms with van der Waals surface area (Å²) in [4.78, 5) is 10.6. The molecule has 0 spiro atoms. The van der Waals surface area contributed by atoms with Crippen molar-refractivity contribution in [2.24, 2.45) is 0 Å². The van der Waals surface area contributed by atoms with Crippen LogP contribution in [0.25, 0.3) is 0 Å². The van der Waals surface area contributed by atoms with Gasteiger partial charge in [0.1, 0.15) is 5.56 Å². The van der Waals surface area contributed by atoms with Crippen LogP contribution in [0, 0.1) is 0 Å². The number of carboxylic acids is 1. The van der Waals surface area contributed by atoms with E-state index in [2.05, 4.69) is 5.10 Å². The predicted molar refractivity (Wildman–Crippen MR) is 38.6 cm³/mol. The molecule has 0 saturated carbocycles. The Hall–Kier alpha value is 0.316. The third-order valence-corrected chi connectivity index (χ3v) is 1.96. The molecular weight excluding hydrogens is 183 g/mol. The zero-order chi connectivity index (χ0) is 7.84. The van der Waals surface area contributed by atoms with Crippen LogP contribution in [0.4, 0.5) is 0 Å². The van der Waals surface area contributed by atoms with Crippen molar-refractivity contribution in [2.75, 3.05) is 0 Å². The molecule has 0 aromatic carbocycles. The molecule has 0 saturated heterocycles. The molecule has 0 bridgehead atoms. The fourth-order valence-electron chi connectivity index (χ4n) is 1.44. The number of aryl methyl sites for hydroxylation is 1. The molecule has 1 aromatic heterocycles. The van der Waals surface area contributed by atoms with Crippen molar-refractivity contribution in [3.05, 3.63) is 17.5 Å². The molecule has 60 valence electrons. The Morgan fingerprint density at radius 1 is 1.75 bits per heavy atom. The number of carbonyl (C=O) groups is 1. The molecular formula is C7H9KN2O2. The molecule has 2 heterocycles. The molecule has 2 rings (SSSR count). The van der Waals surface area contributed by atoms with E-state index in [-0.39, 0.29) is 52.8 Å². The fourth-order valence-corrected chi connectivity index (χ4v) is 1.44. The maximum absolute atomic E-state index is 10.6. The van der Waals surface area contributed by atoms with Gasteiger partial charge in [-0.25, -0.2) is 4.79 Å². The molecule has 0 aliphatic carbocycles. The third kappa shape index (κ3) is 1.65. The van der Waals surface area contributed by atoms with Crippen molar-refractivity contribution >= 4 is 5.97 Å². The molecule has 0 fully saturated rings. The second-order valence-corrected chi connectivity index (χ2v) is 2.64. The number of aromatic nitrogens is 2. The quantitative estimate of drug-likeness (QED) is 0.507. The zero-order valence-corrected chi connectivity index (χ0v) is 10.1. The van der Waals surface area contributed by atoms with Crippen LogP contribution >= 0.6 is 0 Å². The molecule has 0 unspecified atom stereocenters. The van der Waals surface area contributed by atoms with Gasteiger partial charge in [-0.3, -0.25) is 4.68 Å². The molecule has 1 aliphatic heterocycles. The number of aromatic carboxylic acids is 1. The number of carboxylic acid groups (broad SMARTS) is 1. The van der Waals surface area contributed by atoms with Gasteiger partial charge < -0.3 is 6.53 Å². The molecule has 0 atom stereocenters. The monoisotopic (exact) mass is 192 g/mol. The summed E-state index contributed by atoms with van der Waals surface area (Å²) < 4.78 is 1.77. The van der Waals surface area contributed by atoms with Gasteiger partial charge in [-0.1, -0.05) is 0 Å². The van der Waals surface area contributed by atoms with Crippen LogP contribution in [0.1, 0.15) is 23.9 Å². The van der Waals surface area contributed by atoms with Gasteiger partial charge in [-0.2, -0.15) is 5.10 Å². The average Bonchev–Trinajstić information content (AvgIpc) is 2.41. The van der Waals surface area contributed by atoms with E-state index in [1.54, 1.807) is 4.68 Å². The maximum Gasteiger partial charge on any atom is 1.00 e. The van der Waals surface area contributed by atoms with Crippen molar-refractivity contribution < 1.29 is 62.7 Å². The molecule has 12 heavy (non-hydrogen) atoms. The molecule has 0 amide bonds. The number of hydrogen-bond acceptors (Lipinski definition) is 2. The molecule has 5 heteroatoms. The van der Waals surface area contributed by atoms with Gasteiger partial charge in [0, 0.05) is 6.54 Å². The summed E-state index contributed by atoms with van der Waals surface area (Å²) in [5.74, 6) is -0.867. The third-order valence-electron chi connectivity index (χ3n) is 1.96. The number of fused-ring (bicyclic) bond motifs is 1.